The van der Waals surface area contributed by atoms with Crippen LogP contribution in [-0.4, -0.2) is 35.3 Å². The van der Waals surface area contributed by atoms with E-state index in [9.17, 15) is 8.42 Å². The van der Waals surface area contributed by atoms with Gasteiger partial charge in [-0.2, -0.15) is 0 Å². The molecule has 1 aliphatic rings. The molecule has 0 atom stereocenters. The van der Waals surface area contributed by atoms with Gasteiger partial charge in [-0.15, -0.1) is 0 Å². The van der Waals surface area contributed by atoms with Gasteiger partial charge in [0.05, 0.1) is 32.5 Å². The molecule has 0 saturated heterocycles. The monoisotopic (exact) mass is 440 g/mol. The first kappa shape index (κ1) is 19.5. The van der Waals surface area contributed by atoms with E-state index in [2.05, 4.69) is 28.5 Å². The fraction of sp³-hybridized carbons (Fsp3) is 0.364. The number of benzene rings is 2. The minimum atomic E-state index is -3.25. The van der Waals surface area contributed by atoms with E-state index < -0.39 is 9.84 Å². The van der Waals surface area contributed by atoms with Crippen molar-refractivity contribution in [2.24, 2.45) is 0 Å². The van der Waals surface area contributed by atoms with E-state index in [1.165, 1.54) is 38.4 Å². The number of nitrogens with one attached hydrogen (secondary N) is 1. The lowest BCUT2D eigenvalue weighted by atomic mass is 9.96. The lowest BCUT2D eigenvalue weighted by Gasteiger charge is -2.22. The normalized spacial score (nSPS) is 15.8. The highest BCUT2D eigenvalue weighted by Crippen LogP contribution is 2.30. The second-order valence-corrected chi connectivity index (χ2v) is 11.1. The number of hydrogen-bond acceptors (Lipinski definition) is 6. The molecule has 0 radical (unpaired) electrons. The molecular weight excluding hydrogens is 416 g/mol. The van der Waals surface area contributed by atoms with Crippen LogP contribution in [0.15, 0.2) is 47.6 Å². The average Bonchev–Trinajstić information content (AvgIpc) is 3.31. The van der Waals surface area contributed by atoms with Crippen LogP contribution in [0.25, 0.3) is 21.3 Å². The van der Waals surface area contributed by atoms with Gasteiger partial charge in [-0.3, -0.25) is 0 Å². The molecule has 2 heterocycles. The second kappa shape index (κ2) is 7.67. The molecule has 1 aliphatic carbocycles. The van der Waals surface area contributed by atoms with Crippen molar-refractivity contribution in [1.82, 2.24) is 14.5 Å². The summed E-state index contributed by atoms with van der Waals surface area (Å²) in [6.07, 6.45) is 9.39. The number of hydrogen-bond donors (Lipinski definition) is 1. The molecule has 6 nitrogen and oxygen atoms in total. The Morgan fingerprint density at radius 1 is 1.10 bits per heavy atom. The van der Waals surface area contributed by atoms with E-state index in [0.29, 0.717) is 17.5 Å². The smallest absolute Gasteiger partial charge is 0.184 e. The molecule has 8 heteroatoms. The van der Waals surface area contributed by atoms with Gasteiger partial charge in [-0.25, -0.2) is 18.4 Å². The zero-order valence-corrected chi connectivity index (χ0v) is 18.5. The Kier molecular flexibility index (Phi) is 4.99. The highest BCUT2D eigenvalue weighted by atomic mass is 32.2. The van der Waals surface area contributed by atoms with Gasteiger partial charge in [0, 0.05) is 18.8 Å². The molecule has 0 unspecified atom stereocenters. The summed E-state index contributed by atoms with van der Waals surface area (Å²) < 4.78 is 27.0. The van der Waals surface area contributed by atoms with E-state index in [4.69, 9.17) is 4.98 Å². The Balaban J connectivity index is 1.41. The summed E-state index contributed by atoms with van der Waals surface area (Å²) in [5.74, 6) is 0. The topological polar surface area (TPSA) is 76.9 Å². The van der Waals surface area contributed by atoms with Crippen LogP contribution < -0.4 is 5.32 Å². The standard InChI is InChI=1S/C22H24N4O2S2/c1-30(27,28)17-8-10-18-20(12-17)26(14-23-18)13-15-7-9-19-21(11-15)29-22(25-19)24-16-5-3-2-4-6-16/h7-12,14,16H,2-6,13H2,1H3,(H,24,25). The Labute approximate surface area is 179 Å². The molecule has 1 saturated carbocycles. The summed E-state index contributed by atoms with van der Waals surface area (Å²) in [7, 11) is -3.25. The van der Waals surface area contributed by atoms with Crippen molar-refractivity contribution >= 4 is 47.6 Å². The second-order valence-electron chi connectivity index (χ2n) is 8.10. The Hall–Kier alpha value is -2.45. The van der Waals surface area contributed by atoms with Gasteiger partial charge in [-0.1, -0.05) is 36.7 Å². The first-order chi connectivity index (χ1) is 14.5. The van der Waals surface area contributed by atoms with Crippen LogP contribution in [0.4, 0.5) is 5.13 Å². The number of aromatic nitrogens is 3. The van der Waals surface area contributed by atoms with Crippen LogP contribution in [-0.2, 0) is 16.4 Å². The van der Waals surface area contributed by atoms with Crippen molar-refractivity contribution < 1.29 is 8.42 Å². The van der Waals surface area contributed by atoms with Crippen molar-refractivity contribution in [2.45, 2.75) is 49.6 Å². The number of anilines is 1. The first-order valence-electron chi connectivity index (χ1n) is 10.3. The molecule has 5 rings (SSSR count). The third-order valence-electron chi connectivity index (χ3n) is 5.76. The van der Waals surface area contributed by atoms with Gasteiger partial charge in [0.15, 0.2) is 15.0 Å². The van der Waals surface area contributed by atoms with Gasteiger partial charge in [0.25, 0.3) is 0 Å². The first-order valence-corrected chi connectivity index (χ1v) is 13.0. The van der Waals surface area contributed by atoms with Crippen molar-refractivity contribution in [3.63, 3.8) is 0 Å². The molecule has 0 bridgehead atoms. The quantitative estimate of drug-likeness (QED) is 0.480. The summed E-state index contributed by atoms with van der Waals surface area (Å²) in [6, 6.07) is 11.9. The highest BCUT2D eigenvalue weighted by Gasteiger charge is 2.15. The van der Waals surface area contributed by atoms with Crippen LogP contribution in [0, 0.1) is 0 Å². The number of imidazole rings is 1. The van der Waals surface area contributed by atoms with Crippen LogP contribution in [0.5, 0.6) is 0 Å². The third-order valence-corrected chi connectivity index (χ3v) is 7.82. The van der Waals surface area contributed by atoms with Gasteiger partial charge < -0.3 is 9.88 Å². The number of sulfone groups is 1. The zero-order chi connectivity index (χ0) is 20.7. The number of thiazole rings is 1. The average molecular weight is 441 g/mol. The molecule has 30 heavy (non-hydrogen) atoms. The van der Waals surface area contributed by atoms with E-state index in [0.717, 1.165) is 31.9 Å². The van der Waals surface area contributed by atoms with E-state index in [-0.39, 0.29) is 0 Å². The number of nitrogens with zero attached hydrogens (tertiary/aromatic N) is 3. The summed E-state index contributed by atoms with van der Waals surface area (Å²) in [5.41, 5.74) is 3.76. The molecule has 2 aromatic heterocycles. The fourth-order valence-electron chi connectivity index (χ4n) is 4.14. The molecule has 0 aliphatic heterocycles. The molecular formula is C22H24N4O2S2. The highest BCUT2D eigenvalue weighted by molar-refractivity contribution is 7.90. The number of rotatable bonds is 5. The fourth-order valence-corrected chi connectivity index (χ4v) is 5.79. The van der Waals surface area contributed by atoms with Gasteiger partial charge >= 0.3 is 0 Å². The Morgan fingerprint density at radius 2 is 1.90 bits per heavy atom. The lowest BCUT2D eigenvalue weighted by molar-refractivity contribution is 0.462. The molecule has 0 spiro atoms. The van der Waals surface area contributed by atoms with E-state index in [1.54, 1.807) is 35.9 Å². The van der Waals surface area contributed by atoms with E-state index >= 15 is 0 Å². The predicted octanol–water partition coefficient (Wildman–Crippen LogP) is 4.84. The van der Waals surface area contributed by atoms with Gasteiger partial charge in [-0.05, 0) is 48.7 Å². The van der Waals surface area contributed by atoms with Crippen molar-refractivity contribution in [2.75, 3.05) is 11.6 Å². The maximum atomic E-state index is 11.9. The number of fused-ring (bicyclic) bond motifs is 2. The van der Waals surface area contributed by atoms with Crippen molar-refractivity contribution in [1.29, 1.82) is 0 Å². The maximum Gasteiger partial charge on any atom is 0.184 e. The maximum absolute atomic E-state index is 11.9. The largest absolute Gasteiger partial charge is 0.359 e. The van der Waals surface area contributed by atoms with Gasteiger partial charge in [0.1, 0.15) is 0 Å². The summed E-state index contributed by atoms with van der Waals surface area (Å²) in [4.78, 5) is 9.49. The van der Waals surface area contributed by atoms with Crippen LogP contribution >= 0.6 is 11.3 Å². The van der Waals surface area contributed by atoms with Crippen LogP contribution in [0.3, 0.4) is 0 Å². The third kappa shape index (κ3) is 3.94. The molecule has 1 N–H and O–H groups in total. The molecule has 4 aromatic rings. The minimum absolute atomic E-state index is 0.313. The van der Waals surface area contributed by atoms with Crippen molar-refractivity contribution in [3.8, 4) is 0 Å². The lowest BCUT2D eigenvalue weighted by Crippen LogP contribution is -2.21. The van der Waals surface area contributed by atoms with Gasteiger partial charge in [0.2, 0.25) is 0 Å². The summed E-state index contributed by atoms with van der Waals surface area (Å²) in [5, 5.41) is 4.62. The molecule has 0 amide bonds. The zero-order valence-electron chi connectivity index (χ0n) is 16.8. The summed E-state index contributed by atoms with van der Waals surface area (Å²) in [6.45, 7) is 0.628. The summed E-state index contributed by atoms with van der Waals surface area (Å²) >= 11 is 1.70. The van der Waals surface area contributed by atoms with Crippen LogP contribution in [0.2, 0.25) is 0 Å². The molecule has 2 aromatic carbocycles. The Morgan fingerprint density at radius 3 is 2.70 bits per heavy atom. The SMILES string of the molecule is CS(=O)(=O)c1ccc2ncn(Cc3ccc4nc(NC5CCCCC5)sc4c3)c2c1. The van der Waals surface area contributed by atoms with Crippen molar-refractivity contribution in [3.05, 3.63) is 48.3 Å². The minimum Gasteiger partial charge on any atom is -0.359 e. The Bertz CT molecular complexity index is 1320. The molecule has 1 fully saturated rings. The van der Waals surface area contributed by atoms with E-state index in [1.807, 2.05) is 4.57 Å². The predicted molar refractivity (Wildman–Crippen MR) is 122 cm³/mol. The molecule has 156 valence electrons. The van der Waals surface area contributed by atoms with Crippen LogP contribution in [0.1, 0.15) is 37.7 Å².